The number of carbonyl (C=O) groups excluding carboxylic acids is 4. The molecule has 0 radical (unpaired) electrons. The third-order valence-corrected chi connectivity index (χ3v) is 0. The molecule has 0 N–H and O–H groups in total. The number of hydrogen-bond acceptors (Lipinski definition) is 8. The predicted octanol–water partition coefficient (Wildman–Crippen LogP) is -5.46. The molecule has 0 unspecified atom stereocenters. The van der Waals surface area contributed by atoms with Crippen LogP contribution in [0.2, 0.25) is 0 Å². The number of carboxylic acids is 4. The Kier molecular flexibility index (Phi) is 222. The van der Waals surface area contributed by atoms with Crippen molar-refractivity contribution < 1.29 is 140 Å². The van der Waals surface area contributed by atoms with E-state index >= 15 is 0 Å². The van der Waals surface area contributed by atoms with Crippen molar-refractivity contribution in [2.75, 3.05) is 0 Å². The van der Waals surface area contributed by atoms with Crippen LogP contribution in [0.1, 0.15) is 27.7 Å². The monoisotopic (exact) mass is 570 g/mol. The summed E-state index contributed by atoms with van der Waals surface area (Å²) in [6.07, 6.45) is 0. The molecule has 0 saturated heterocycles. The first-order valence-electron chi connectivity index (χ1n) is 3.63. The maximum atomic E-state index is 8.89. The van der Waals surface area contributed by atoms with Gasteiger partial charge in [0.2, 0.25) is 0 Å². The van der Waals surface area contributed by atoms with Gasteiger partial charge in [-0.3, -0.25) is 0 Å². The van der Waals surface area contributed by atoms with Gasteiger partial charge < -0.3 is 61.5 Å². The van der Waals surface area contributed by atoms with Crippen LogP contribution in [0.3, 0.4) is 0 Å². The normalized spacial score (nSPS) is 4.35. The first-order valence-corrected chi connectivity index (χ1v) is 3.63. The first-order chi connectivity index (χ1) is 6.93. The zero-order valence-corrected chi connectivity index (χ0v) is 19.8. The zero-order chi connectivity index (χ0) is 14.3. The quantitative estimate of drug-likeness (QED) is 0.269. The fraction of sp³-hybridized carbons (Fsp3) is 0.500. The van der Waals surface area contributed by atoms with Gasteiger partial charge in [-0.2, -0.15) is 0 Å². The molecule has 0 aliphatic carbocycles. The van der Waals surface area contributed by atoms with E-state index in [-0.39, 0.29) is 101 Å². The molecule has 15 heteroatoms. The minimum absolute atomic E-state index is 0. The summed E-state index contributed by atoms with van der Waals surface area (Å²) in [6, 6.07) is 0. The molecule has 0 amide bonds. The molecule has 0 aliphatic rings. The van der Waals surface area contributed by atoms with Crippen LogP contribution in [-0.2, 0) is 120 Å². The summed E-state index contributed by atoms with van der Waals surface area (Å²) in [4.78, 5) is 35.6. The van der Waals surface area contributed by atoms with Crippen LogP contribution in [0.4, 0.5) is 0 Å². The van der Waals surface area contributed by atoms with Crippen LogP contribution in [-0.4, -0.2) is 23.9 Å². The molecule has 23 heavy (non-hydrogen) atoms. The third-order valence-electron chi connectivity index (χ3n) is 0. The average molecular weight is 574 g/mol. The Labute approximate surface area is 190 Å². The Morgan fingerprint density at radius 3 is 0.435 bits per heavy atom. The van der Waals surface area contributed by atoms with E-state index in [1.165, 1.54) is 0 Å². The molecule has 128 valence electrons. The van der Waals surface area contributed by atoms with Crippen molar-refractivity contribution in [3.63, 3.8) is 0 Å². The molecule has 0 fully saturated rings. The maximum Gasteiger partial charge on any atom is 4.00 e. The topological polar surface area (TPSA) is 275 Å². The Hall–Kier alpha value is 0.369. The van der Waals surface area contributed by atoms with Crippen molar-refractivity contribution in [1.29, 1.82) is 0 Å². The van der Waals surface area contributed by atoms with Crippen molar-refractivity contribution in [3.05, 3.63) is 0 Å². The van der Waals surface area contributed by atoms with Gasteiger partial charge in [0.15, 0.2) is 0 Å². The van der Waals surface area contributed by atoms with Gasteiger partial charge in [0.05, 0.1) is 0 Å². The van der Waals surface area contributed by atoms with Gasteiger partial charge in [-0.1, -0.05) is 0 Å². The number of rotatable bonds is 0. The molecular formula is C8H12O12Zr3. The van der Waals surface area contributed by atoms with Gasteiger partial charge in [0.25, 0.3) is 0 Å². The first kappa shape index (κ1) is 76.4. The standard InChI is InChI=1S/4C2H4O2.4O.3Zr/c4*1-2(3)4;;;;;;;/h4*1H3,(H,3,4);;;;;;;/q;;;;4*-2;3*+4/p-4. The Balaban J connectivity index is -0.00000000842. The molecule has 12 nitrogen and oxygen atoms in total. The Morgan fingerprint density at radius 2 is 0.435 bits per heavy atom. The van der Waals surface area contributed by atoms with E-state index < -0.39 is 23.9 Å². The van der Waals surface area contributed by atoms with E-state index in [1.807, 2.05) is 0 Å². The summed E-state index contributed by atoms with van der Waals surface area (Å²) in [5.74, 6) is -4.33. The molecule has 0 spiro atoms. The minimum Gasteiger partial charge on any atom is -2.00 e. The van der Waals surface area contributed by atoms with Gasteiger partial charge in [-0.05, 0) is 27.7 Å². The van der Waals surface area contributed by atoms with E-state index in [0.29, 0.717) is 0 Å². The van der Waals surface area contributed by atoms with Gasteiger partial charge in [-0.15, -0.1) is 0 Å². The minimum atomic E-state index is -1.08. The molecule has 0 aromatic heterocycles. The fourth-order valence-electron chi connectivity index (χ4n) is 0. The van der Waals surface area contributed by atoms with Gasteiger partial charge in [-0.25, -0.2) is 0 Å². The Bertz CT molecular complexity index is 172. The van der Waals surface area contributed by atoms with E-state index in [0.717, 1.165) is 27.7 Å². The third kappa shape index (κ3) is 68000. The van der Waals surface area contributed by atoms with Crippen LogP contribution in [0.5, 0.6) is 0 Å². The Morgan fingerprint density at radius 1 is 0.435 bits per heavy atom. The predicted molar refractivity (Wildman–Crippen MR) is 45.5 cm³/mol. The molecule has 0 saturated carbocycles. The summed E-state index contributed by atoms with van der Waals surface area (Å²) < 4.78 is 0. The summed E-state index contributed by atoms with van der Waals surface area (Å²) in [6.45, 7) is 3.89. The van der Waals surface area contributed by atoms with Gasteiger partial charge >= 0.3 is 78.6 Å². The van der Waals surface area contributed by atoms with Gasteiger partial charge in [0.1, 0.15) is 0 Å². The zero-order valence-electron chi connectivity index (χ0n) is 12.4. The van der Waals surface area contributed by atoms with E-state index in [1.54, 1.807) is 0 Å². The second-order valence-electron chi connectivity index (χ2n) is 1.97. The van der Waals surface area contributed by atoms with E-state index in [2.05, 4.69) is 0 Å². The fourth-order valence-corrected chi connectivity index (χ4v) is 0. The number of hydrogen-bond donors (Lipinski definition) is 0. The van der Waals surface area contributed by atoms with Crippen LogP contribution < -0.4 is 20.4 Å². The van der Waals surface area contributed by atoms with Crippen molar-refractivity contribution in [2.45, 2.75) is 27.7 Å². The molecule has 0 aromatic rings. The second kappa shape index (κ2) is 66.8. The smallest absolute Gasteiger partial charge is 2.00 e. The largest absolute Gasteiger partial charge is 4.00 e. The summed E-state index contributed by atoms with van der Waals surface area (Å²) in [5.41, 5.74) is 0. The van der Waals surface area contributed by atoms with E-state index in [9.17, 15) is 0 Å². The van der Waals surface area contributed by atoms with Crippen LogP contribution in [0, 0.1) is 0 Å². The van der Waals surface area contributed by atoms with Crippen LogP contribution in [0.15, 0.2) is 0 Å². The second-order valence-corrected chi connectivity index (χ2v) is 1.97. The molecule has 0 atom stereocenters. The molecule has 0 heterocycles. The average Bonchev–Trinajstić information content (AvgIpc) is 1.76. The SMILES string of the molecule is CC(=O)[O-].CC(=O)[O-].CC(=O)[O-].CC(=O)[O-].[O-2].[O-2].[O-2].[O-2].[Zr+4].[Zr+4].[Zr+4]. The van der Waals surface area contributed by atoms with Crippen molar-refractivity contribution in [2.24, 2.45) is 0 Å². The van der Waals surface area contributed by atoms with Crippen molar-refractivity contribution in [1.82, 2.24) is 0 Å². The van der Waals surface area contributed by atoms with Crippen LogP contribution in [0.25, 0.3) is 0 Å². The molecule has 0 aliphatic heterocycles. The van der Waals surface area contributed by atoms with Crippen molar-refractivity contribution >= 4 is 23.9 Å². The van der Waals surface area contributed by atoms with Crippen molar-refractivity contribution in [3.8, 4) is 0 Å². The molecular weight excluding hydrogens is 562 g/mol. The number of carbonyl (C=O) groups is 4. The summed E-state index contributed by atoms with van der Waals surface area (Å²) in [5, 5.41) is 35.6. The summed E-state index contributed by atoms with van der Waals surface area (Å²) in [7, 11) is 0. The van der Waals surface area contributed by atoms with E-state index in [4.69, 9.17) is 39.6 Å². The van der Waals surface area contributed by atoms with Gasteiger partial charge in [0, 0.05) is 23.9 Å². The maximum absolute atomic E-state index is 8.89. The number of aliphatic carboxylic acids is 4. The molecule has 0 aromatic carbocycles. The summed E-state index contributed by atoms with van der Waals surface area (Å²) >= 11 is 0. The molecule has 0 rings (SSSR count). The van der Waals surface area contributed by atoms with Crippen LogP contribution >= 0.6 is 0 Å². The number of carboxylic acid groups (broad SMARTS) is 4. The molecule has 0 bridgehead atoms.